The first kappa shape index (κ1) is 17.7. The number of carbonyl (C=O) groups excluding carboxylic acids is 2. The highest BCUT2D eigenvalue weighted by Gasteiger charge is 2.09. The predicted octanol–water partition coefficient (Wildman–Crippen LogP) is 3.42. The van der Waals surface area contributed by atoms with Gasteiger partial charge in [0.2, 0.25) is 0 Å². The van der Waals surface area contributed by atoms with Gasteiger partial charge in [-0.3, -0.25) is 4.79 Å². The van der Waals surface area contributed by atoms with Crippen LogP contribution in [0.5, 0.6) is 0 Å². The average Bonchev–Trinajstić information content (AvgIpc) is 2.54. The van der Waals surface area contributed by atoms with Gasteiger partial charge < -0.3 is 16.0 Å². The molecule has 0 bridgehead atoms. The summed E-state index contributed by atoms with van der Waals surface area (Å²) in [5.74, 6) is -1.04. The van der Waals surface area contributed by atoms with Crippen molar-refractivity contribution in [2.75, 3.05) is 18.4 Å². The molecule has 0 fully saturated rings. The van der Waals surface area contributed by atoms with Gasteiger partial charge in [0, 0.05) is 23.8 Å². The third-order valence-corrected chi connectivity index (χ3v) is 3.36. The fraction of sp³-hybridized carbons (Fsp3) is 0.176. The maximum atomic E-state index is 13.4. The van der Waals surface area contributed by atoms with Gasteiger partial charge in [-0.05, 0) is 36.8 Å². The molecule has 0 aliphatic carbocycles. The first-order valence-corrected chi connectivity index (χ1v) is 7.77. The van der Waals surface area contributed by atoms with E-state index in [1.165, 1.54) is 18.2 Å². The van der Waals surface area contributed by atoms with E-state index < -0.39 is 11.7 Å². The second-order valence-electron chi connectivity index (χ2n) is 4.98. The molecule has 2 aromatic carbocycles. The molecule has 0 spiro atoms. The summed E-state index contributed by atoms with van der Waals surface area (Å²) in [6, 6.07) is 12.2. The Bertz CT molecular complexity index is 724. The minimum atomic E-state index is -0.561. The van der Waals surface area contributed by atoms with Gasteiger partial charge in [0.25, 0.3) is 5.91 Å². The minimum absolute atomic E-state index is 0.00385. The molecule has 0 aliphatic heterocycles. The van der Waals surface area contributed by atoms with E-state index in [2.05, 4.69) is 16.0 Å². The van der Waals surface area contributed by atoms with E-state index in [1.807, 2.05) is 0 Å². The number of rotatable bonds is 6. The lowest BCUT2D eigenvalue weighted by molar-refractivity contribution is 0.0949. The van der Waals surface area contributed by atoms with Crippen molar-refractivity contribution in [1.29, 1.82) is 0 Å². The molecular formula is C17H17ClFN3O2. The third-order valence-electron chi connectivity index (χ3n) is 3.13. The number of hydrogen-bond donors (Lipinski definition) is 3. The molecule has 2 rings (SSSR count). The van der Waals surface area contributed by atoms with Gasteiger partial charge in [0.05, 0.1) is 5.56 Å². The lowest BCUT2D eigenvalue weighted by Crippen LogP contribution is -2.32. The SMILES string of the molecule is O=C(NCCCNC(=O)c1ccccc1F)Nc1cccc(Cl)c1. The molecule has 0 heterocycles. The van der Waals surface area contributed by atoms with Gasteiger partial charge in [0.1, 0.15) is 5.82 Å². The highest BCUT2D eigenvalue weighted by molar-refractivity contribution is 6.30. The number of benzene rings is 2. The number of urea groups is 1. The van der Waals surface area contributed by atoms with Gasteiger partial charge in [0.15, 0.2) is 0 Å². The minimum Gasteiger partial charge on any atom is -0.352 e. The summed E-state index contributed by atoms with van der Waals surface area (Å²) in [4.78, 5) is 23.5. The molecule has 24 heavy (non-hydrogen) atoms. The Morgan fingerprint density at radius 1 is 1.00 bits per heavy atom. The highest BCUT2D eigenvalue weighted by Crippen LogP contribution is 2.14. The summed E-state index contributed by atoms with van der Waals surface area (Å²) in [5.41, 5.74) is 0.594. The molecule has 0 atom stereocenters. The van der Waals surface area contributed by atoms with Crippen molar-refractivity contribution in [1.82, 2.24) is 10.6 Å². The molecule has 3 N–H and O–H groups in total. The van der Waals surface area contributed by atoms with Crippen LogP contribution in [0.1, 0.15) is 16.8 Å². The van der Waals surface area contributed by atoms with E-state index in [4.69, 9.17) is 11.6 Å². The smallest absolute Gasteiger partial charge is 0.319 e. The molecular weight excluding hydrogens is 333 g/mol. The Morgan fingerprint density at radius 3 is 2.50 bits per heavy atom. The molecule has 5 nitrogen and oxygen atoms in total. The number of halogens is 2. The molecule has 0 radical (unpaired) electrons. The molecule has 0 unspecified atom stereocenters. The van der Waals surface area contributed by atoms with Crippen LogP contribution in [-0.2, 0) is 0 Å². The van der Waals surface area contributed by atoms with E-state index in [0.29, 0.717) is 30.2 Å². The van der Waals surface area contributed by atoms with Crippen molar-refractivity contribution in [3.8, 4) is 0 Å². The Labute approximate surface area is 144 Å². The molecule has 0 saturated carbocycles. The third kappa shape index (κ3) is 5.55. The first-order chi connectivity index (χ1) is 11.6. The summed E-state index contributed by atoms with van der Waals surface area (Å²) in [6.07, 6.45) is 0.517. The highest BCUT2D eigenvalue weighted by atomic mass is 35.5. The van der Waals surface area contributed by atoms with Crippen molar-refractivity contribution in [2.45, 2.75) is 6.42 Å². The van der Waals surface area contributed by atoms with Crippen molar-refractivity contribution < 1.29 is 14.0 Å². The zero-order valence-corrected chi connectivity index (χ0v) is 13.6. The van der Waals surface area contributed by atoms with Crippen LogP contribution in [0.25, 0.3) is 0 Å². The number of amides is 3. The van der Waals surface area contributed by atoms with Gasteiger partial charge in [-0.2, -0.15) is 0 Å². The average molecular weight is 350 g/mol. The van der Waals surface area contributed by atoms with Gasteiger partial charge in [-0.1, -0.05) is 29.8 Å². The molecule has 126 valence electrons. The molecule has 7 heteroatoms. The summed E-state index contributed by atoms with van der Waals surface area (Å²) >= 11 is 5.83. The van der Waals surface area contributed by atoms with E-state index in [9.17, 15) is 14.0 Å². The zero-order chi connectivity index (χ0) is 17.4. The molecule has 0 saturated heterocycles. The number of carbonyl (C=O) groups is 2. The van der Waals surface area contributed by atoms with Crippen LogP contribution >= 0.6 is 11.6 Å². The molecule has 2 aromatic rings. The first-order valence-electron chi connectivity index (χ1n) is 7.39. The van der Waals surface area contributed by atoms with Crippen LogP contribution < -0.4 is 16.0 Å². The van der Waals surface area contributed by atoms with Crippen molar-refractivity contribution >= 4 is 29.2 Å². The van der Waals surface area contributed by atoms with Crippen molar-refractivity contribution in [2.24, 2.45) is 0 Å². The maximum absolute atomic E-state index is 13.4. The number of anilines is 1. The van der Waals surface area contributed by atoms with Crippen LogP contribution in [-0.4, -0.2) is 25.0 Å². The molecule has 0 aliphatic rings. The monoisotopic (exact) mass is 349 g/mol. The van der Waals surface area contributed by atoms with Crippen LogP contribution in [0.4, 0.5) is 14.9 Å². The second kappa shape index (κ2) is 8.88. The predicted molar refractivity (Wildman–Crippen MR) is 91.8 cm³/mol. The maximum Gasteiger partial charge on any atom is 0.319 e. The summed E-state index contributed by atoms with van der Waals surface area (Å²) in [5, 5.41) is 8.44. The van der Waals surface area contributed by atoms with E-state index >= 15 is 0 Å². The van der Waals surface area contributed by atoms with Gasteiger partial charge >= 0.3 is 6.03 Å². The molecule has 3 amide bonds. The number of nitrogens with one attached hydrogen (secondary N) is 3. The zero-order valence-electron chi connectivity index (χ0n) is 12.8. The Hall–Kier alpha value is -2.60. The molecule has 0 aromatic heterocycles. The lowest BCUT2D eigenvalue weighted by Gasteiger charge is -2.09. The topological polar surface area (TPSA) is 70.2 Å². The number of hydrogen-bond acceptors (Lipinski definition) is 2. The normalized spacial score (nSPS) is 10.1. The van der Waals surface area contributed by atoms with Crippen LogP contribution in [0, 0.1) is 5.82 Å². The van der Waals surface area contributed by atoms with E-state index in [-0.39, 0.29) is 11.6 Å². The van der Waals surface area contributed by atoms with Gasteiger partial charge in [-0.25, -0.2) is 9.18 Å². The second-order valence-corrected chi connectivity index (χ2v) is 5.42. The van der Waals surface area contributed by atoms with Crippen LogP contribution in [0.2, 0.25) is 5.02 Å². The van der Waals surface area contributed by atoms with Crippen molar-refractivity contribution in [3.05, 3.63) is 64.9 Å². The Kier molecular flexibility index (Phi) is 6.57. The fourth-order valence-electron chi connectivity index (χ4n) is 1.97. The van der Waals surface area contributed by atoms with Crippen LogP contribution in [0.3, 0.4) is 0 Å². The lowest BCUT2D eigenvalue weighted by atomic mass is 10.2. The van der Waals surface area contributed by atoms with E-state index in [0.717, 1.165) is 0 Å². The fourth-order valence-corrected chi connectivity index (χ4v) is 2.16. The van der Waals surface area contributed by atoms with E-state index in [1.54, 1.807) is 30.3 Å². The standard InChI is InChI=1S/C17H17ClFN3O2/c18-12-5-3-6-13(11-12)22-17(24)21-10-4-9-20-16(23)14-7-1-2-8-15(14)19/h1-3,5-8,11H,4,9-10H2,(H,20,23)(H2,21,22,24). The quantitative estimate of drug-likeness (QED) is 0.699. The van der Waals surface area contributed by atoms with Crippen molar-refractivity contribution in [3.63, 3.8) is 0 Å². The van der Waals surface area contributed by atoms with Gasteiger partial charge in [-0.15, -0.1) is 0 Å². The summed E-state index contributed by atoms with van der Waals surface area (Å²) in [7, 11) is 0. The Balaban J connectivity index is 1.65. The summed E-state index contributed by atoms with van der Waals surface area (Å²) in [6.45, 7) is 0.689. The summed E-state index contributed by atoms with van der Waals surface area (Å²) < 4.78 is 13.4. The Morgan fingerprint density at radius 2 is 1.75 bits per heavy atom. The largest absolute Gasteiger partial charge is 0.352 e. The van der Waals surface area contributed by atoms with Crippen LogP contribution in [0.15, 0.2) is 48.5 Å².